The summed E-state index contributed by atoms with van der Waals surface area (Å²) in [5.41, 5.74) is 1.90. The number of allylic oxidation sites excluding steroid dienone is 2. The molecule has 2 atom stereocenters. The Morgan fingerprint density at radius 3 is 3.04 bits per heavy atom. The van der Waals surface area contributed by atoms with Crippen LogP contribution in [0.5, 0.6) is 0 Å². The minimum absolute atomic E-state index is 0.0255. The van der Waals surface area contributed by atoms with Crippen molar-refractivity contribution in [3.8, 4) is 0 Å². The van der Waals surface area contributed by atoms with Gasteiger partial charge in [0, 0.05) is 30.1 Å². The molecule has 0 spiro atoms. The van der Waals surface area contributed by atoms with Crippen LogP contribution < -0.4 is 26.6 Å². The Balaban J connectivity index is 1.48. The highest BCUT2D eigenvalue weighted by atomic mass is 35.5. The second-order valence-corrected chi connectivity index (χ2v) is 7.05. The van der Waals surface area contributed by atoms with E-state index in [4.69, 9.17) is 11.6 Å². The molecule has 6 nitrogen and oxygen atoms in total. The molecule has 134 valence electrons. The van der Waals surface area contributed by atoms with E-state index in [-0.39, 0.29) is 18.5 Å². The molecule has 5 N–H and O–H groups in total. The van der Waals surface area contributed by atoms with Gasteiger partial charge in [-0.1, -0.05) is 11.6 Å². The summed E-state index contributed by atoms with van der Waals surface area (Å²) in [5.74, 6) is 1.23. The number of fused-ring (bicyclic) bond motifs is 1. The maximum atomic E-state index is 14.2. The predicted octanol–water partition coefficient (Wildman–Crippen LogP) is 1.14. The van der Waals surface area contributed by atoms with Crippen molar-refractivity contribution in [2.75, 3.05) is 26.2 Å². The first-order valence-corrected chi connectivity index (χ1v) is 9.04. The Bertz CT molecular complexity index is 702. The predicted molar refractivity (Wildman–Crippen MR) is 97.3 cm³/mol. The fourth-order valence-electron chi connectivity index (χ4n) is 3.44. The Kier molecular flexibility index (Phi) is 4.67. The number of piperidine rings is 1. The van der Waals surface area contributed by atoms with Crippen molar-refractivity contribution < 1.29 is 4.39 Å². The third-order valence-corrected chi connectivity index (χ3v) is 5.02. The number of nitrogens with zero attached hydrogens (tertiary/aromatic N) is 1. The van der Waals surface area contributed by atoms with E-state index >= 15 is 0 Å². The summed E-state index contributed by atoms with van der Waals surface area (Å²) in [6, 6.07) is 0. The van der Waals surface area contributed by atoms with E-state index in [0.29, 0.717) is 22.6 Å². The van der Waals surface area contributed by atoms with Crippen molar-refractivity contribution >= 4 is 17.4 Å². The van der Waals surface area contributed by atoms with Gasteiger partial charge in [0.05, 0.1) is 11.6 Å². The van der Waals surface area contributed by atoms with Gasteiger partial charge in [-0.3, -0.25) is 0 Å². The monoisotopic (exact) mass is 364 g/mol. The van der Waals surface area contributed by atoms with E-state index in [9.17, 15) is 4.39 Å². The molecule has 0 aliphatic carbocycles. The molecule has 4 aliphatic heterocycles. The molecular weight excluding hydrogens is 343 g/mol. The highest BCUT2D eigenvalue weighted by molar-refractivity contribution is 6.31. The van der Waals surface area contributed by atoms with Gasteiger partial charge in [0.1, 0.15) is 12.0 Å². The average Bonchev–Trinajstić information content (AvgIpc) is 3.05. The minimum Gasteiger partial charge on any atom is -0.367 e. The molecule has 4 heterocycles. The fourth-order valence-corrected chi connectivity index (χ4v) is 3.62. The largest absolute Gasteiger partial charge is 0.367 e. The van der Waals surface area contributed by atoms with E-state index in [2.05, 4.69) is 31.6 Å². The first kappa shape index (κ1) is 16.5. The lowest BCUT2D eigenvalue weighted by atomic mass is 10.00. The number of aliphatic imine (C=N–C) groups is 1. The quantitative estimate of drug-likeness (QED) is 0.517. The van der Waals surface area contributed by atoms with E-state index < -0.39 is 0 Å². The summed E-state index contributed by atoms with van der Waals surface area (Å²) in [4.78, 5) is 4.48. The third kappa shape index (κ3) is 3.52. The van der Waals surface area contributed by atoms with Crippen molar-refractivity contribution in [1.82, 2.24) is 26.6 Å². The lowest BCUT2D eigenvalue weighted by molar-refractivity contribution is 0.366. The molecule has 0 aromatic rings. The fraction of sp³-hybridized carbons (Fsp3) is 0.471. The zero-order valence-corrected chi connectivity index (χ0v) is 14.6. The standard InChI is InChI=1S/C17H22ClFN6/c18-11-4-12-13(8-23-15(12)22-7-11)16-24-9-14(19)17(25-16)21-6-10-2-1-3-20-5-10/h4,7-8,10,15,20-23H,1-3,5-6,9H2,(H,24,25)/t10-,15?/m0/s1. The number of amidine groups is 1. The number of halogens is 2. The van der Waals surface area contributed by atoms with Gasteiger partial charge in [0.25, 0.3) is 0 Å². The molecular formula is C17H22ClFN6. The second kappa shape index (κ2) is 7.09. The Morgan fingerprint density at radius 1 is 1.32 bits per heavy atom. The highest BCUT2D eigenvalue weighted by Crippen LogP contribution is 2.27. The Hall–Kier alpha value is -1.99. The van der Waals surface area contributed by atoms with E-state index in [1.807, 2.05) is 12.3 Å². The number of rotatable bonds is 4. The minimum atomic E-state index is -0.260. The number of dihydropyridines is 1. The Morgan fingerprint density at radius 2 is 2.20 bits per heavy atom. The zero-order valence-electron chi connectivity index (χ0n) is 13.8. The van der Waals surface area contributed by atoms with Gasteiger partial charge in [-0.25, -0.2) is 9.38 Å². The summed E-state index contributed by atoms with van der Waals surface area (Å²) in [6.45, 7) is 2.90. The third-order valence-electron chi connectivity index (χ3n) is 4.80. The normalized spacial score (nSPS) is 28.6. The van der Waals surface area contributed by atoms with Crippen molar-refractivity contribution in [3.05, 3.63) is 46.3 Å². The molecule has 1 unspecified atom stereocenters. The van der Waals surface area contributed by atoms with Crippen LogP contribution in [0.4, 0.5) is 4.39 Å². The van der Waals surface area contributed by atoms with Crippen LogP contribution in [-0.4, -0.2) is 38.2 Å². The number of hydrogen-bond donors (Lipinski definition) is 5. The van der Waals surface area contributed by atoms with Gasteiger partial charge in [-0.15, -0.1) is 0 Å². The topological polar surface area (TPSA) is 72.5 Å². The highest BCUT2D eigenvalue weighted by Gasteiger charge is 2.29. The summed E-state index contributed by atoms with van der Waals surface area (Å²) in [6.07, 6.45) is 7.82. The summed E-state index contributed by atoms with van der Waals surface area (Å²) in [5, 5.41) is 16.6. The van der Waals surface area contributed by atoms with Crippen LogP contribution in [0.3, 0.4) is 0 Å². The first-order chi connectivity index (χ1) is 12.2. The molecule has 4 rings (SSSR count). The molecule has 0 amide bonds. The van der Waals surface area contributed by atoms with Crippen LogP contribution in [-0.2, 0) is 0 Å². The summed E-state index contributed by atoms with van der Waals surface area (Å²) in [7, 11) is 0. The van der Waals surface area contributed by atoms with Gasteiger partial charge in [0.15, 0.2) is 11.6 Å². The van der Waals surface area contributed by atoms with Crippen LogP contribution >= 0.6 is 11.6 Å². The van der Waals surface area contributed by atoms with Crippen LogP contribution in [0.15, 0.2) is 51.3 Å². The smallest absolute Gasteiger partial charge is 0.162 e. The molecule has 0 aromatic heterocycles. The lowest BCUT2D eigenvalue weighted by Crippen LogP contribution is -2.39. The van der Waals surface area contributed by atoms with Gasteiger partial charge < -0.3 is 26.6 Å². The molecule has 8 heteroatoms. The number of nitrogens with one attached hydrogen (secondary N) is 5. The van der Waals surface area contributed by atoms with Crippen molar-refractivity contribution in [3.63, 3.8) is 0 Å². The van der Waals surface area contributed by atoms with Crippen molar-refractivity contribution in [2.45, 2.75) is 19.0 Å². The molecule has 4 aliphatic rings. The first-order valence-electron chi connectivity index (χ1n) is 8.67. The van der Waals surface area contributed by atoms with E-state index in [0.717, 1.165) is 37.2 Å². The lowest BCUT2D eigenvalue weighted by Gasteiger charge is -2.25. The van der Waals surface area contributed by atoms with Gasteiger partial charge in [-0.2, -0.15) is 0 Å². The molecule has 1 saturated heterocycles. The second-order valence-electron chi connectivity index (χ2n) is 6.61. The van der Waals surface area contributed by atoms with Crippen LogP contribution in [0, 0.1) is 5.92 Å². The molecule has 0 radical (unpaired) electrons. The van der Waals surface area contributed by atoms with Gasteiger partial charge in [0.2, 0.25) is 0 Å². The molecule has 1 fully saturated rings. The van der Waals surface area contributed by atoms with Crippen LogP contribution in [0.1, 0.15) is 12.8 Å². The van der Waals surface area contributed by atoms with Crippen molar-refractivity contribution in [2.24, 2.45) is 10.9 Å². The molecule has 0 bridgehead atoms. The summed E-state index contributed by atoms with van der Waals surface area (Å²) < 4.78 is 14.2. The SMILES string of the molecule is FC1=C(NC[C@H]2CCCNC2)N=C(C2=CNC3NC=C(Cl)C=C23)NC1. The molecule has 0 aromatic carbocycles. The molecule has 25 heavy (non-hydrogen) atoms. The van der Waals surface area contributed by atoms with E-state index in [1.54, 1.807) is 6.20 Å². The van der Waals surface area contributed by atoms with E-state index in [1.165, 1.54) is 6.42 Å². The molecule has 0 saturated carbocycles. The summed E-state index contributed by atoms with van der Waals surface area (Å²) >= 11 is 6.09. The van der Waals surface area contributed by atoms with Gasteiger partial charge >= 0.3 is 0 Å². The maximum Gasteiger partial charge on any atom is 0.162 e. The zero-order chi connectivity index (χ0) is 17.2. The number of hydrogen-bond acceptors (Lipinski definition) is 6. The van der Waals surface area contributed by atoms with Crippen LogP contribution in [0.25, 0.3) is 0 Å². The van der Waals surface area contributed by atoms with Crippen LogP contribution in [0.2, 0.25) is 0 Å². The van der Waals surface area contributed by atoms with Gasteiger partial charge in [-0.05, 0) is 37.9 Å². The van der Waals surface area contributed by atoms with Crippen molar-refractivity contribution in [1.29, 1.82) is 0 Å². The Labute approximate surface area is 151 Å². The average molecular weight is 365 g/mol. The maximum absolute atomic E-state index is 14.2.